The Labute approximate surface area is 165 Å². The van der Waals surface area contributed by atoms with E-state index in [-0.39, 0.29) is 17.6 Å². The van der Waals surface area contributed by atoms with Crippen LogP contribution in [0.3, 0.4) is 0 Å². The van der Waals surface area contributed by atoms with E-state index in [9.17, 15) is 14.0 Å². The van der Waals surface area contributed by atoms with Crippen LogP contribution in [0.4, 0.5) is 15.8 Å². The summed E-state index contributed by atoms with van der Waals surface area (Å²) in [6, 6.07) is 13.9. The second-order valence-corrected chi connectivity index (χ2v) is 7.70. The fourth-order valence-corrected chi connectivity index (χ4v) is 3.32. The Morgan fingerprint density at radius 3 is 2.25 bits per heavy atom. The maximum absolute atomic E-state index is 13.1. The van der Waals surface area contributed by atoms with Crippen LogP contribution >= 0.6 is 0 Å². The molecule has 148 valence electrons. The van der Waals surface area contributed by atoms with Crippen LogP contribution in [-0.4, -0.2) is 42.9 Å². The quantitative estimate of drug-likeness (QED) is 0.823. The average molecular weight is 383 g/mol. The topological polar surface area (TPSA) is 52.7 Å². The molecule has 3 rings (SSSR count). The third-order valence-electron chi connectivity index (χ3n) is 5.14. The number of aryl methyl sites for hydroxylation is 1. The molecule has 6 heteroatoms. The van der Waals surface area contributed by atoms with Gasteiger partial charge >= 0.3 is 0 Å². The van der Waals surface area contributed by atoms with Crippen molar-refractivity contribution in [1.82, 2.24) is 4.90 Å². The molecule has 28 heavy (non-hydrogen) atoms. The number of hydrogen-bond donors (Lipinski definition) is 1. The number of hydrogen-bond acceptors (Lipinski definition) is 3. The predicted molar refractivity (Wildman–Crippen MR) is 109 cm³/mol. The summed E-state index contributed by atoms with van der Waals surface area (Å²) in [5.74, 6) is -0.764. The SMILES string of the molecule is Cc1cccc(NC(=O)C(C)(C)C(=O)N2CCN(c3ccc(F)cc3)CC2)c1. The number of rotatable bonds is 4. The molecule has 0 radical (unpaired) electrons. The molecule has 1 fully saturated rings. The first-order chi connectivity index (χ1) is 13.3. The normalized spacial score (nSPS) is 14.7. The molecular weight excluding hydrogens is 357 g/mol. The van der Waals surface area contributed by atoms with E-state index in [0.29, 0.717) is 31.9 Å². The van der Waals surface area contributed by atoms with Gasteiger partial charge < -0.3 is 15.1 Å². The number of piperazine rings is 1. The monoisotopic (exact) mass is 383 g/mol. The van der Waals surface area contributed by atoms with Crippen molar-refractivity contribution < 1.29 is 14.0 Å². The number of nitrogens with one attached hydrogen (secondary N) is 1. The van der Waals surface area contributed by atoms with Crippen LogP contribution in [0, 0.1) is 18.2 Å². The fraction of sp³-hybridized carbons (Fsp3) is 0.364. The Bertz CT molecular complexity index is 856. The Morgan fingerprint density at radius 1 is 1.00 bits per heavy atom. The van der Waals surface area contributed by atoms with E-state index >= 15 is 0 Å². The Kier molecular flexibility index (Phi) is 5.68. The smallest absolute Gasteiger partial charge is 0.239 e. The number of halogens is 1. The molecule has 1 aliphatic rings. The van der Waals surface area contributed by atoms with Gasteiger partial charge in [0.15, 0.2) is 0 Å². The van der Waals surface area contributed by atoms with Crippen LogP contribution in [0.25, 0.3) is 0 Å². The molecule has 2 aromatic carbocycles. The van der Waals surface area contributed by atoms with Gasteiger partial charge in [-0.15, -0.1) is 0 Å². The lowest BCUT2D eigenvalue weighted by molar-refractivity contribution is -0.146. The third-order valence-corrected chi connectivity index (χ3v) is 5.14. The van der Waals surface area contributed by atoms with Crippen molar-refractivity contribution in [3.05, 3.63) is 59.9 Å². The van der Waals surface area contributed by atoms with Crippen LogP contribution in [-0.2, 0) is 9.59 Å². The number of benzene rings is 2. The minimum absolute atomic E-state index is 0.184. The standard InChI is InChI=1S/C22H26FN3O2/c1-16-5-4-6-18(15-16)24-20(27)22(2,3)21(28)26-13-11-25(12-14-26)19-9-7-17(23)8-10-19/h4-10,15H,11-14H2,1-3H3,(H,24,27). The van der Waals surface area contributed by atoms with Gasteiger partial charge in [-0.25, -0.2) is 4.39 Å². The van der Waals surface area contributed by atoms with Gasteiger partial charge in [0.25, 0.3) is 0 Å². The lowest BCUT2D eigenvalue weighted by atomic mass is 9.89. The molecule has 1 saturated heterocycles. The molecule has 5 nitrogen and oxygen atoms in total. The van der Waals surface area contributed by atoms with Gasteiger partial charge in [-0.2, -0.15) is 0 Å². The summed E-state index contributed by atoms with van der Waals surface area (Å²) in [7, 11) is 0. The van der Waals surface area contributed by atoms with Gasteiger partial charge in [0, 0.05) is 37.6 Å². The van der Waals surface area contributed by atoms with Crippen LogP contribution in [0.1, 0.15) is 19.4 Å². The highest BCUT2D eigenvalue weighted by molar-refractivity contribution is 6.09. The molecule has 0 aliphatic carbocycles. The summed E-state index contributed by atoms with van der Waals surface area (Å²) in [6.45, 7) is 7.61. The predicted octanol–water partition coefficient (Wildman–Crippen LogP) is 3.45. The minimum Gasteiger partial charge on any atom is -0.368 e. The molecule has 2 amide bonds. The van der Waals surface area contributed by atoms with Crippen molar-refractivity contribution in [3.63, 3.8) is 0 Å². The van der Waals surface area contributed by atoms with Gasteiger partial charge in [0.1, 0.15) is 11.2 Å². The lowest BCUT2D eigenvalue weighted by Gasteiger charge is -2.39. The summed E-state index contributed by atoms with van der Waals surface area (Å²) in [6.07, 6.45) is 0. The first-order valence-corrected chi connectivity index (χ1v) is 9.45. The fourth-order valence-electron chi connectivity index (χ4n) is 3.32. The average Bonchev–Trinajstić information content (AvgIpc) is 2.68. The van der Waals surface area contributed by atoms with E-state index in [1.807, 2.05) is 31.2 Å². The van der Waals surface area contributed by atoms with Gasteiger partial charge in [0.05, 0.1) is 0 Å². The zero-order valence-corrected chi connectivity index (χ0v) is 16.5. The minimum atomic E-state index is -1.16. The van der Waals surface area contributed by atoms with Crippen LogP contribution < -0.4 is 10.2 Å². The molecule has 1 aliphatic heterocycles. The van der Waals surface area contributed by atoms with Crippen LogP contribution in [0.15, 0.2) is 48.5 Å². The highest BCUT2D eigenvalue weighted by Crippen LogP contribution is 2.24. The molecule has 0 spiro atoms. The second-order valence-electron chi connectivity index (χ2n) is 7.70. The molecule has 2 aromatic rings. The van der Waals surface area contributed by atoms with Crippen molar-refractivity contribution in [3.8, 4) is 0 Å². The molecule has 0 unspecified atom stereocenters. The molecule has 0 saturated carbocycles. The zero-order chi connectivity index (χ0) is 20.3. The summed E-state index contributed by atoms with van der Waals surface area (Å²) in [4.78, 5) is 29.6. The van der Waals surface area contributed by atoms with E-state index in [4.69, 9.17) is 0 Å². The third kappa shape index (κ3) is 4.32. The van der Waals surface area contributed by atoms with Crippen molar-refractivity contribution in [1.29, 1.82) is 0 Å². The molecule has 1 heterocycles. The van der Waals surface area contributed by atoms with Crippen molar-refractivity contribution in [2.45, 2.75) is 20.8 Å². The van der Waals surface area contributed by atoms with E-state index in [2.05, 4.69) is 10.2 Å². The highest BCUT2D eigenvalue weighted by atomic mass is 19.1. The molecule has 0 bridgehead atoms. The van der Waals surface area contributed by atoms with E-state index in [1.54, 1.807) is 30.9 Å². The second kappa shape index (κ2) is 8.00. The van der Waals surface area contributed by atoms with Crippen molar-refractivity contribution in [2.24, 2.45) is 5.41 Å². The number of carbonyl (C=O) groups excluding carboxylic acids is 2. The maximum atomic E-state index is 13.1. The summed E-state index contributed by atoms with van der Waals surface area (Å²) >= 11 is 0. The first-order valence-electron chi connectivity index (χ1n) is 9.45. The van der Waals surface area contributed by atoms with Gasteiger partial charge in [-0.05, 0) is 62.7 Å². The Morgan fingerprint density at radius 2 is 1.64 bits per heavy atom. The Hall–Kier alpha value is -2.89. The highest BCUT2D eigenvalue weighted by Gasteiger charge is 2.40. The maximum Gasteiger partial charge on any atom is 0.239 e. The van der Waals surface area contributed by atoms with Crippen molar-refractivity contribution >= 4 is 23.2 Å². The first kappa shape index (κ1) is 19.9. The van der Waals surface area contributed by atoms with Crippen molar-refractivity contribution in [2.75, 3.05) is 36.4 Å². The number of amides is 2. The lowest BCUT2D eigenvalue weighted by Crippen LogP contribution is -2.54. The molecule has 0 atom stereocenters. The van der Waals surface area contributed by atoms with Gasteiger partial charge in [-0.3, -0.25) is 9.59 Å². The molecule has 1 N–H and O–H groups in total. The summed E-state index contributed by atoms with van der Waals surface area (Å²) in [5, 5.41) is 2.85. The Balaban J connectivity index is 1.61. The number of anilines is 2. The van der Waals surface area contributed by atoms with E-state index < -0.39 is 5.41 Å². The summed E-state index contributed by atoms with van der Waals surface area (Å²) in [5.41, 5.74) is 1.50. The van der Waals surface area contributed by atoms with Crippen LogP contribution in [0.5, 0.6) is 0 Å². The molecule has 0 aromatic heterocycles. The largest absolute Gasteiger partial charge is 0.368 e. The zero-order valence-electron chi connectivity index (χ0n) is 16.5. The van der Waals surface area contributed by atoms with Gasteiger partial charge in [0.2, 0.25) is 11.8 Å². The number of carbonyl (C=O) groups is 2. The molecular formula is C22H26FN3O2. The van der Waals surface area contributed by atoms with E-state index in [1.165, 1.54) is 12.1 Å². The van der Waals surface area contributed by atoms with Gasteiger partial charge in [-0.1, -0.05) is 12.1 Å². The number of nitrogens with zero attached hydrogens (tertiary/aromatic N) is 2. The van der Waals surface area contributed by atoms with E-state index in [0.717, 1.165) is 11.3 Å². The summed E-state index contributed by atoms with van der Waals surface area (Å²) < 4.78 is 13.1. The van der Waals surface area contributed by atoms with Crippen LogP contribution in [0.2, 0.25) is 0 Å².